The minimum atomic E-state index is 0.109. The van der Waals surface area contributed by atoms with Gasteiger partial charge in [0.1, 0.15) is 0 Å². The molecule has 1 saturated heterocycles. The molecule has 0 aromatic carbocycles. The molecule has 2 rings (SSSR count). The van der Waals surface area contributed by atoms with Gasteiger partial charge in [0.05, 0.1) is 0 Å². The van der Waals surface area contributed by atoms with Crippen molar-refractivity contribution in [3.05, 3.63) is 0 Å². The Hall–Kier alpha value is -0.570. The molecule has 0 aromatic rings. The van der Waals surface area contributed by atoms with Crippen molar-refractivity contribution in [1.29, 1.82) is 0 Å². The molecule has 2 aliphatic rings. The van der Waals surface area contributed by atoms with Gasteiger partial charge in [0, 0.05) is 32.1 Å². The van der Waals surface area contributed by atoms with E-state index in [1.165, 1.54) is 19.4 Å². The van der Waals surface area contributed by atoms with Crippen molar-refractivity contribution in [2.45, 2.75) is 52.1 Å². The zero-order chi connectivity index (χ0) is 11.7. The van der Waals surface area contributed by atoms with Crippen LogP contribution in [0.4, 0.5) is 0 Å². The van der Waals surface area contributed by atoms with Crippen molar-refractivity contribution < 1.29 is 4.79 Å². The van der Waals surface area contributed by atoms with Crippen LogP contribution in [0.3, 0.4) is 0 Å². The Morgan fingerprint density at radius 2 is 2.06 bits per heavy atom. The molecule has 3 heteroatoms. The lowest BCUT2D eigenvalue weighted by Crippen LogP contribution is -2.52. The molecule has 16 heavy (non-hydrogen) atoms. The number of likely N-dealkylation sites (tertiary alicyclic amines) is 1. The van der Waals surface area contributed by atoms with Crippen LogP contribution in [0.5, 0.6) is 0 Å². The Morgan fingerprint density at radius 1 is 1.38 bits per heavy atom. The summed E-state index contributed by atoms with van der Waals surface area (Å²) in [5, 5.41) is 3.08. The fourth-order valence-electron chi connectivity index (χ4n) is 2.99. The summed E-state index contributed by atoms with van der Waals surface area (Å²) in [6.07, 6.45) is 3.93. The topological polar surface area (TPSA) is 32.3 Å². The highest BCUT2D eigenvalue weighted by molar-refractivity contribution is 5.73. The van der Waals surface area contributed by atoms with E-state index in [2.05, 4.69) is 24.1 Å². The number of nitrogens with zero attached hydrogens (tertiary/aromatic N) is 1. The molecular weight excluding hydrogens is 200 g/mol. The lowest BCUT2D eigenvalue weighted by Gasteiger charge is -2.40. The summed E-state index contributed by atoms with van der Waals surface area (Å²) in [6, 6.07) is 1.07. The van der Waals surface area contributed by atoms with E-state index in [-0.39, 0.29) is 5.91 Å². The Balaban J connectivity index is 1.90. The normalized spacial score (nSPS) is 33.4. The average molecular weight is 224 g/mol. The highest BCUT2D eigenvalue weighted by Crippen LogP contribution is 2.36. The quantitative estimate of drug-likeness (QED) is 0.790. The summed E-state index contributed by atoms with van der Waals surface area (Å²) in [6.45, 7) is 8.50. The van der Waals surface area contributed by atoms with Crippen LogP contribution in [0.2, 0.25) is 0 Å². The van der Waals surface area contributed by atoms with Gasteiger partial charge < -0.3 is 5.32 Å². The van der Waals surface area contributed by atoms with Gasteiger partial charge in [0.2, 0.25) is 5.91 Å². The molecule has 0 bridgehead atoms. The van der Waals surface area contributed by atoms with Gasteiger partial charge in [0.15, 0.2) is 0 Å². The summed E-state index contributed by atoms with van der Waals surface area (Å²) in [4.78, 5) is 13.7. The number of hydrogen-bond acceptors (Lipinski definition) is 2. The molecule has 3 nitrogen and oxygen atoms in total. The third-order valence-corrected chi connectivity index (χ3v) is 3.98. The maximum Gasteiger partial charge on any atom is 0.217 e. The number of amides is 1. The third kappa shape index (κ3) is 2.97. The van der Waals surface area contributed by atoms with Crippen LogP contribution in [0, 0.1) is 11.8 Å². The average Bonchev–Trinajstić information content (AvgIpc) is 2.97. The molecular formula is C13H24N2O. The van der Waals surface area contributed by atoms with E-state index >= 15 is 0 Å². The van der Waals surface area contributed by atoms with Gasteiger partial charge in [-0.15, -0.1) is 0 Å². The summed E-state index contributed by atoms with van der Waals surface area (Å²) < 4.78 is 0. The van der Waals surface area contributed by atoms with Gasteiger partial charge in [-0.1, -0.05) is 6.92 Å². The molecule has 1 heterocycles. The van der Waals surface area contributed by atoms with Crippen molar-refractivity contribution in [3.63, 3.8) is 0 Å². The molecule has 92 valence electrons. The van der Waals surface area contributed by atoms with Crippen molar-refractivity contribution in [2.75, 3.05) is 13.1 Å². The number of nitrogens with one attached hydrogen (secondary N) is 1. The van der Waals surface area contributed by atoms with Crippen LogP contribution in [0.15, 0.2) is 0 Å². The molecule has 0 spiro atoms. The molecule has 3 atom stereocenters. The first kappa shape index (κ1) is 11.9. The van der Waals surface area contributed by atoms with E-state index in [1.54, 1.807) is 6.92 Å². The monoisotopic (exact) mass is 224 g/mol. The van der Waals surface area contributed by atoms with Gasteiger partial charge in [-0.2, -0.15) is 0 Å². The molecule has 1 aliphatic heterocycles. The smallest absolute Gasteiger partial charge is 0.217 e. The molecule has 1 amide bonds. The summed E-state index contributed by atoms with van der Waals surface area (Å²) >= 11 is 0. The van der Waals surface area contributed by atoms with Gasteiger partial charge in [-0.3, -0.25) is 9.69 Å². The molecule has 1 aliphatic carbocycles. The first-order valence-corrected chi connectivity index (χ1v) is 6.57. The molecule has 3 unspecified atom stereocenters. The Labute approximate surface area is 98.6 Å². The van der Waals surface area contributed by atoms with Crippen LogP contribution in [0.1, 0.15) is 40.0 Å². The van der Waals surface area contributed by atoms with Gasteiger partial charge in [-0.25, -0.2) is 0 Å². The fraction of sp³-hybridized carbons (Fsp3) is 0.923. The molecule has 2 fully saturated rings. The second-order valence-corrected chi connectivity index (χ2v) is 5.77. The first-order valence-electron chi connectivity index (χ1n) is 6.57. The van der Waals surface area contributed by atoms with Crippen molar-refractivity contribution >= 4 is 5.91 Å². The van der Waals surface area contributed by atoms with E-state index in [0.29, 0.717) is 18.0 Å². The van der Waals surface area contributed by atoms with Crippen molar-refractivity contribution in [3.8, 4) is 0 Å². The van der Waals surface area contributed by atoms with E-state index in [0.717, 1.165) is 18.9 Å². The predicted molar refractivity (Wildman–Crippen MR) is 65.1 cm³/mol. The number of rotatable bonds is 3. The van der Waals surface area contributed by atoms with Crippen LogP contribution >= 0.6 is 0 Å². The van der Waals surface area contributed by atoms with Crippen molar-refractivity contribution in [1.82, 2.24) is 10.2 Å². The molecule has 1 N–H and O–H groups in total. The van der Waals surface area contributed by atoms with Gasteiger partial charge in [-0.05, 0) is 38.0 Å². The zero-order valence-corrected chi connectivity index (χ0v) is 10.7. The van der Waals surface area contributed by atoms with Gasteiger partial charge in [0.25, 0.3) is 0 Å². The van der Waals surface area contributed by atoms with Gasteiger partial charge >= 0.3 is 0 Å². The highest BCUT2D eigenvalue weighted by Gasteiger charge is 2.35. The number of hydrogen-bond donors (Lipinski definition) is 1. The highest BCUT2D eigenvalue weighted by atomic mass is 16.1. The minimum Gasteiger partial charge on any atom is -0.352 e. The van der Waals surface area contributed by atoms with Crippen LogP contribution in [0.25, 0.3) is 0 Å². The Morgan fingerprint density at radius 3 is 2.62 bits per heavy atom. The lowest BCUT2D eigenvalue weighted by molar-refractivity contribution is -0.120. The molecule has 1 saturated carbocycles. The molecule has 0 radical (unpaired) electrons. The summed E-state index contributed by atoms with van der Waals surface area (Å²) in [5.74, 6) is 1.73. The molecule has 0 aromatic heterocycles. The van der Waals surface area contributed by atoms with E-state index in [4.69, 9.17) is 0 Å². The van der Waals surface area contributed by atoms with Crippen molar-refractivity contribution in [2.24, 2.45) is 11.8 Å². The SMILES string of the molecule is CC(=O)NC1CC(C)CN(C(C)C2CC2)C1. The maximum absolute atomic E-state index is 11.1. The third-order valence-electron chi connectivity index (χ3n) is 3.98. The van der Waals surface area contributed by atoms with Crippen LogP contribution in [-0.4, -0.2) is 36.0 Å². The van der Waals surface area contributed by atoms with E-state index in [9.17, 15) is 4.79 Å². The second kappa shape index (κ2) is 4.74. The van der Waals surface area contributed by atoms with Crippen LogP contribution in [-0.2, 0) is 4.79 Å². The zero-order valence-electron chi connectivity index (χ0n) is 10.7. The maximum atomic E-state index is 11.1. The number of carbonyl (C=O) groups excluding carboxylic acids is 1. The minimum absolute atomic E-state index is 0.109. The summed E-state index contributed by atoms with van der Waals surface area (Å²) in [7, 11) is 0. The predicted octanol–water partition coefficient (Wildman–Crippen LogP) is 1.63. The number of piperidine rings is 1. The fourth-order valence-corrected chi connectivity index (χ4v) is 2.99. The van der Waals surface area contributed by atoms with E-state index in [1.807, 2.05) is 0 Å². The lowest BCUT2D eigenvalue weighted by atomic mass is 9.94. The number of carbonyl (C=O) groups is 1. The van der Waals surface area contributed by atoms with Crippen LogP contribution < -0.4 is 5.32 Å². The largest absolute Gasteiger partial charge is 0.352 e. The summed E-state index contributed by atoms with van der Waals surface area (Å²) in [5.41, 5.74) is 0. The Bertz CT molecular complexity index is 263. The van der Waals surface area contributed by atoms with E-state index < -0.39 is 0 Å². The first-order chi connectivity index (χ1) is 7.56. The Kier molecular flexibility index (Phi) is 3.53. The second-order valence-electron chi connectivity index (χ2n) is 5.77. The standard InChI is InChI=1S/C13H24N2O/c1-9-6-13(14-11(3)16)8-15(7-9)10(2)12-4-5-12/h9-10,12-13H,4-8H2,1-3H3,(H,14,16).